The fraction of sp³-hybridized carbons (Fsp3) is 0. The minimum absolute atomic E-state index is 0.624. The molecule has 4 heteroatoms. The van der Waals surface area contributed by atoms with Crippen LogP contribution in [-0.2, 0) is 0 Å². The van der Waals surface area contributed by atoms with Gasteiger partial charge in [-0.2, -0.15) is 0 Å². The number of furan rings is 1. The lowest BCUT2D eigenvalue weighted by Crippen LogP contribution is -2.00. The van der Waals surface area contributed by atoms with E-state index in [2.05, 4.69) is 164 Å². The highest BCUT2D eigenvalue weighted by Crippen LogP contribution is 2.41. The van der Waals surface area contributed by atoms with Crippen molar-refractivity contribution < 1.29 is 4.42 Å². The summed E-state index contributed by atoms with van der Waals surface area (Å²) in [5, 5.41) is 6.89. The van der Waals surface area contributed by atoms with Gasteiger partial charge in [0, 0.05) is 32.8 Å². The SMILES string of the molecule is c1ccc(-c2ccc3oc4c5ccccc5c(-c5ccc(-c6nc(-c7ccccc7)nc(-c7ccc(-c8ccc9ccccc9c8)cc7)n6)cc5)cc4c3c2)cc1. The summed E-state index contributed by atoms with van der Waals surface area (Å²) < 4.78 is 6.54. The van der Waals surface area contributed by atoms with E-state index in [1.54, 1.807) is 0 Å². The molecule has 11 aromatic rings. The van der Waals surface area contributed by atoms with Crippen LogP contribution in [0.15, 0.2) is 205 Å². The summed E-state index contributed by atoms with van der Waals surface area (Å²) in [6, 6.07) is 70.0. The first-order valence-corrected chi connectivity index (χ1v) is 19.2. The average molecular weight is 728 g/mol. The van der Waals surface area contributed by atoms with Crippen molar-refractivity contribution in [3.63, 3.8) is 0 Å². The molecule has 4 nitrogen and oxygen atoms in total. The number of hydrogen-bond donors (Lipinski definition) is 0. The summed E-state index contributed by atoms with van der Waals surface area (Å²) in [5.41, 5.74) is 11.5. The quantitative estimate of drug-likeness (QED) is 0.171. The summed E-state index contributed by atoms with van der Waals surface area (Å²) in [6.45, 7) is 0. The molecule has 0 atom stereocenters. The van der Waals surface area contributed by atoms with Gasteiger partial charge in [0.05, 0.1) is 0 Å². The molecule has 9 aromatic carbocycles. The van der Waals surface area contributed by atoms with Crippen molar-refractivity contribution in [3.8, 4) is 67.5 Å². The average Bonchev–Trinajstić information content (AvgIpc) is 3.67. The third-order valence-corrected chi connectivity index (χ3v) is 10.9. The normalized spacial score (nSPS) is 11.5. The van der Waals surface area contributed by atoms with Gasteiger partial charge in [-0.05, 0) is 73.8 Å². The van der Waals surface area contributed by atoms with Crippen molar-refractivity contribution in [2.24, 2.45) is 0 Å². The maximum atomic E-state index is 6.54. The molecule has 2 aromatic heterocycles. The highest BCUT2D eigenvalue weighted by atomic mass is 16.3. The number of fused-ring (bicyclic) bond motifs is 6. The highest BCUT2D eigenvalue weighted by molar-refractivity contribution is 6.19. The number of rotatable bonds is 6. The van der Waals surface area contributed by atoms with Crippen molar-refractivity contribution in [2.75, 3.05) is 0 Å². The molecule has 11 rings (SSSR count). The predicted molar refractivity (Wildman–Crippen MR) is 235 cm³/mol. The molecule has 0 saturated heterocycles. The van der Waals surface area contributed by atoms with Crippen molar-refractivity contribution in [1.29, 1.82) is 0 Å². The third-order valence-electron chi connectivity index (χ3n) is 10.9. The first-order chi connectivity index (χ1) is 28.2. The fourth-order valence-corrected chi connectivity index (χ4v) is 7.98. The second kappa shape index (κ2) is 13.6. The molecule has 0 aliphatic rings. The molecule has 0 amide bonds. The van der Waals surface area contributed by atoms with E-state index >= 15 is 0 Å². The minimum Gasteiger partial charge on any atom is -0.455 e. The van der Waals surface area contributed by atoms with E-state index in [0.717, 1.165) is 71.7 Å². The van der Waals surface area contributed by atoms with Crippen LogP contribution in [0.3, 0.4) is 0 Å². The van der Waals surface area contributed by atoms with Crippen LogP contribution in [0.1, 0.15) is 0 Å². The number of aromatic nitrogens is 3. The zero-order chi connectivity index (χ0) is 37.7. The van der Waals surface area contributed by atoms with Crippen LogP contribution in [0.5, 0.6) is 0 Å². The Morgan fingerprint density at radius 3 is 1.44 bits per heavy atom. The topological polar surface area (TPSA) is 51.8 Å². The van der Waals surface area contributed by atoms with Crippen LogP contribution in [0.2, 0.25) is 0 Å². The monoisotopic (exact) mass is 727 g/mol. The van der Waals surface area contributed by atoms with Gasteiger partial charge >= 0.3 is 0 Å². The van der Waals surface area contributed by atoms with Gasteiger partial charge in [0.25, 0.3) is 0 Å². The minimum atomic E-state index is 0.624. The van der Waals surface area contributed by atoms with Gasteiger partial charge < -0.3 is 4.42 Å². The Labute approximate surface area is 329 Å². The molecule has 0 N–H and O–H groups in total. The summed E-state index contributed by atoms with van der Waals surface area (Å²) in [7, 11) is 0. The van der Waals surface area contributed by atoms with Gasteiger partial charge in [-0.25, -0.2) is 15.0 Å². The Hall–Kier alpha value is -7.69. The predicted octanol–water partition coefficient (Wildman–Crippen LogP) is 14.1. The Balaban J connectivity index is 0.991. The zero-order valence-electron chi connectivity index (χ0n) is 30.8. The van der Waals surface area contributed by atoms with Crippen molar-refractivity contribution >= 4 is 43.5 Å². The van der Waals surface area contributed by atoms with Crippen LogP contribution in [0.25, 0.3) is 111 Å². The third kappa shape index (κ3) is 5.92. The van der Waals surface area contributed by atoms with Crippen LogP contribution >= 0.6 is 0 Å². The lowest BCUT2D eigenvalue weighted by molar-refractivity contribution is 0.673. The van der Waals surface area contributed by atoms with Crippen molar-refractivity contribution in [3.05, 3.63) is 200 Å². The molecule has 57 heavy (non-hydrogen) atoms. The first kappa shape index (κ1) is 32.7. The lowest BCUT2D eigenvalue weighted by atomic mass is 9.94. The molecule has 0 saturated carbocycles. The van der Waals surface area contributed by atoms with Gasteiger partial charge in [-0.3, -0.25) is 0 Å². The molecule has 2 heterocycles. The molecule has 266 valence electrons. The molecular weight excluding hydrogens is 695 g/mol. The highest BCUT2D eigenvalue weighted by Gasteiger charge is 2.17. The lowest BCUT2D eigenvalue weighted by Gasteiger charge is -2.11. The van der Waals surface area contributed by atoms with E-state index in [0.29, 0.717) is 17.5 Å². The molecular formula is C53H33N3O. The summed E-state index contributed by atoms with van der Waals surface area (Å²) in [6.07, 6.45) is 0. The van der Waals surface area contributed by atoms with Crippen LogP contribution in [-0.4, -0.2) is 15.0 Å². The Morgan fingerprint density at radius 1 is 0.281 bits per heavy atom. The Bertz CT molecular complexity index is 3260. The Kier molecular flexibility index (Phi) is 7.78. The van der Waals surface area contributed by atoms with Gasteiger partial charge in [-0.1, -0.05) is 176 Å². The molecule has 0 aliphatic heterocycles. The van der Waals surface area contributed by atoms with Crippen LogP contribution < -0.4 is 0 Å². The van der Waals surface area contributed by atoms with Crippen molar-refractivity contribution in [2.45, 2.75) is 0 Å². The van der Waals surface area contributed by atoms with E-state index in [9.17, 15) is 0 Å². The second-order valence-corrected chi connectivity index (χ2v) is 14.4. The van der Waals surface area contributed by atoms with E-state index in [-0.39, 0.29) is 0 Å². The molecule has 0 bridgehead atoms. The van der Waals surface area contributed by atoms with Gasteiger partial charge in [0.2, 0.25) is 0 Å². The summed E-state index contributed by atoms with van der Waals surface area (Å²) >= 11 is 0. The molecule has 0 radical (unpaired) electrons. The standard InChI is InChI=1S/C53H33N3O/c1-3-11-34(12-4-1)43-29-30-49-47(32-43)48-33-46(44-17-9-10-18-45(44)50(48)57-49)37-22-26-40(27-23-37)53-55-51(38-14-5-2-6-15-38)54-52(56-53)39-24-19-36(20-25-39)42-28-21-35-13-7-8-16-41(35)31-42/h1-33H. The maximum absolute atomic E-state index is 6.54. The molecule has 0 unspecified atom stereocenters. The van der Waals surface area contributed by atoms with Crippen LogP contribution in [0.4, 0.5) is 0 Å². The summed E-state index contributed by atoms with van der Waals surface area (Å²) in [5.74, 6) is 1.89. The van der Waals surface area contributed by atoms with Gasteiger partial charge in [-0.15, -0.1) is 0 Å². The molecule has 0 fully saturated rings. The van der Waals surface area contributed by atoms with Crippen LogP contribution in [0, 0.1) is 0 Å². The largest absolute Gasteiger partial charge is 0.455 e. The van der Waals surface area contributed by atoms with E-state index in [4.69, 9.17) is 19.4 Å². The van der Waals surface area contributed by atoms with Crippen molar-refractivity contribution in [1.82, 2.24) is 15.0 Å². The number of nitrogens with zero attached hydrogens (tertiary/aromatic N) is 3. The van der Waals surface area contributed by atoms with E-state index in [1.807, 2.05) is 36.4 Å². The van der Waals surface area contributed by atoms with E-state index < -0.39 is 0 Å². The smallest absolute Gasteiger partial charge is 0.164 e. The summed E-state index contributed by atoms with van der Waals surface area (Å²) in [4.78, 5) is 15.1. The Morgan fingerprint density at radius 2 is 0.754 bits per heavy atom. The maximum Gasteiger partial charge on any atom is 0.164 e. The van der Waals surface area contributed by atoms with Gasteiger partial charge in [0.1, 0.15) is 11.2 Å². The van der Waals surface area contributed by atoms with Gasteiger partial charge in [0.15, 0.2) is 17.5 Å². The number of hydrogen-bond acceptors (Lipinski definition) is 4. The molecule has 0 aliphatic carbocycles. The van der Waals surface area contributed by atoms with E-state index in [1.165, 1.54) is 21.9 Å². The molecule has 0 spiro atoms. The fourth-order valence-electron chi connectivity index (χ4n) is 7.98. The second-order valence-electron chi connectivity index (χ2n) is 14.4. The first-order valence-electron chi connectivity index (χ1n) is 19.2. The number of benzene rings is 9. The zero-order valence-corrected chi connectivity index (χ0v) is 30.8.